The molecule has 0 aromatic rings. The molecule has 10 heteroatoms. The van der Waals surface area contributed by atoms with Gasteiger partial charge in [0.2, 0.25) is 0 Å². The molecule has 0 radical (unpaired) electrons. The monoisotopic (exact) mass is 1250 g/mol. The Hall–Kier alpha value is -0.990. The van der Waals surface area contributed by atoms with Crippen molar-refractivity contribution in [3.8, 4) is 0 Å². The van der Waals surface area contributed by atoms with Crippen molar-refractivity contribution in [2.45, 2.75) is 457 Å². The van der Waals surface area contributed by atoms with E-state index in [0.29, 0.717) is 12.8 Å². The second kappa shape index (κ2) is 74.1. The molecule has 87 heavy (non-hydrogen) atoms. The van der Waals surface area contributed by atoms with E-state index in [2.05, 4.69) is 13.8 Å². The van der Waals surface area contributed by atoms with E-state index in [1.54, 1.807) is 0 Å². The third-order valence-corrected chi connectivity index (χ3v) is 19.5. The SMILES string of the molecule is CCCCCCCCCCCCCCCCCCCCCCCCCCCCCCCCCCCC(=O)OCC(COP(=O)(O)OCCN)OC(=O)CCCCCCCCCCCCCCCCCCCCCCCCCCCCCCCCCCC. The number of esters is 2. The number of phosphoric ester groups is 1. The second-order valence-electron chi connectivity index (χ2n) is 27.3. The smallest absolute Gasteiger partial charge is 0.462 e. The van der Waals surface area contributed by atoms with Crippen LogP contribution in [0.25, 0.3) is 0 Å². The predicted molar refractivity (Wildman–Crippen MR) is 377 cm³/mol. The molecule has 0 heterocycles. The van der Waals surface area contributed by atoms with Crippen LogP contribution >= 0.6 is 7.82 Å². The van der Waals surface area contributed by atoms with Gasteiger partial charge in [0.15, 0.2) is 6.10 Å². The van der Waals surface area contributed by atoms with Crippen molar-refractivity contribution in [3.63, 3.8) is 0 Å². The van der Waals surface area contributed by atoms with Crippen LogP contribution in [0.5, 0.6) is 0 Å². The van der Waals surface area contributed by atoms with Crippen LogP contribution in [0.1, 0.15) is 450 Å². The van der Waals surface area contributed by atoms with Gasteiger partial charge in [-0.1, -0.05) is 425 Å². The highest BCUT2D eigenvalue weighted by atomic mass is 31.2. The van der Waals surface area contributed by atoms with Crippen LogP contribution in [0.15, 0.2) is 0 Å². The zero-order valence-corrected chi connectivity index (χ0v) is 59.7. The molecule has 0 spiro atoms. The van der Waals surface area contributed by atoms with E-state index < -0.39 is 26.5 Å². The molecule has 0 saturated carbocycles. The van der Waals surface area contributed by atoms with Gasteiger partial charge < -0.3 is 20.1 Å². The Labute approximate surface area is 543 Å². The van der Waals surface area contributed by atoms with Gasteiger partial charge in [0.1, 0.15) is 6.61 Å². The number of carbonyl (C=O) groups excluding carboxylic acids is 2. The van der Waals surface area contributed by atoms with Gasteiger partial charge in [0, 0.05) is 19.4 Å². The third-order valence-electron chi connectivity index (χ3n) is 18.5. The predicted octanol–water partition coefficient (Wildman–Crippen LogP) is 26.1. The van der Waals surface area contributed by atoms with E-state index in [9.17, 15) is 19.0 Å². The fourth-order valence-corrected chi connectivity index (χ4v) is 13.4. The zero-order chi connectivity index (χ0) is 63.0. The van der Waals surface area contributed by atoms with Gasteiger partial charge in [-0.25, -0.2) is 4.57 Å². The second-order valence-corrected chi connectivity index (χ2v) is 28.8. The fraction of sp³-hybridized carbons (Fsp3) is 0.974. The summed E-state index contributed by atoms with van der Waals surface area (Å²) in [6, 6.07) is 0. The van der Waals surface area contributed by atoms with E-state index >= 15 is 0 Å². The molecule has 0 aliphatic rings. The topological polar surface area (TPSA) is 134 Å². The summed E-state index contributed by atoms with van der Waals surface area (Å²) in [6.45, 7) is 3.86. The molecule has 0 aromatic carbocycles. The highest BCUT2D eigenvalue weighted by Crippen LogP contribution is 2.43. The van der Waals surface area contributed by atoms with Crippen molar-refractivity contribution in [1.82, 2.24) is 0 Å². The highest BCUT2D eigenvalue weighted by molar-refractivity contribution is 7.47. The molecule has 0 rings (SSSR count). The van der Waals surface area contributed by atoms with Crippen LogP contribution in [0, 0.1) is 0 Å². The maximum atomic E-state index is 12.8. The minimum Gasteiger partial charge on any atom is -0.462 e. The molecule has 2 unspecified atom stereocenters. The van der Waals surface area contributed by atoms with Gasteiger partial charge in [-0.3, -0.25) is 18.6 Å². The lowest BCUT2D eigenvalue weighted by Gasteiger charge is -2.19. The average molecular weight is 1250 g/mol. The van der Waals surface area contributed by atoms with Gasteiger partial charge in [0.05, 0.1) is 13.2 Å². The lowest BCUT2D eigenvalue weighted by molar-refractivity contribution is -0.161. The standard InChI is InChI=1S/C77H154NO8P/c1-3-5-7-9-11-13-15-17-19-21-23-25-27-29-31-33-35-37-39-41-43-45-47-49-51-53-55-57-59-61-63-65-67-69-76(79)83-73-75(74-85-87(81,82)84-72-71-78)86-77(80)70-68-66-64-62-60-58-56-54-52-50-48-46-44-42-40-38-36-34-32-30-28-26-24-22-20-18-16-14-12-10-8-6-4-2/h75H,3-74,78H2,1-2H3,(H,81,82). The summed E-state index contributed by atoms with van der Waals surface area (Å²) in [7, 11) is -4.39. The van der Waals surface area contributed by atoms with E-state index in [1.807, 2.05) is 0 Å². The Morgan fingerprint density at radius 2 is 0.494 bits per heavy atom. The van der Waals surface area contributed by atoms with E-state index in [-0.39, 0.29) is 32.1 Å². The number of carbonyl (C=O) groups is 2. The fourth-order valence-electron chi connectivity index (χ4n) is 12.6. The summed E-state index contributed by atoms with van der Waals surface area (Å²) in [5.74, 6) is -0.794. The Balaban J connectivity index is 3.73. The number of nitrogens with two attached hydrogens (primary N) is 1. The number of hydrogen-bond donors (Lipinski definition) is 2. The number of unbranched alkanes of at least 4 members (excludes halogenated alkanes) is 64. The molecule has 0 aromatic heterocycles. The average Bonchev–Trinajstić information content (AvgIpc) is 3.55. The first kappa shape index (κ1) is 86.0. The minimum absolute atomic E-state index is 0.0590. The maximum Gasteiger partial charge on any atom is 0.472 e. The van der Waals surface area contributed by atoms with Crippen LogP contribution < -0.4 is 5.73 Å². The molecule has 0 aliphatic carbocycles. The molecular weight excluding hydrogens is 1100 g/mol. The van der Waals surface area contributed by atoms with Crippen molar-refractivity contribution >= 4 is 19.8 Å². The first-order chi connectivity index (χ1) is 42.8. The Kier molecular flexibility index (Phi) is 73.2. The molecule has 520 valence electrons. The quantitative estimate of drug-likeness (QED) is 0.0347. The number of rotatable bonds is 77. The van der Waals surface area contributed by atoms with Crippen molar-refractivity contribution in [1.29, 1.82) is 0 Å². The number of ether oxygens (including phenoxy) is 2. The van der Waals surface area contributed by atoms with Gasteiger partial charge in [-0.2, -0.15) is 0 Å². The normalized spacial score (nSPS) is 12.7. The Morgan fingerprint density at radius 3 is 0.701 bits per heavy atom. The molecule has 2 atom stereocenters. The highest BCUT2D eigenvalue weighted by Gasteiger charge is 2.26. The summed E-state index contributed by atoms with van der Waals surface area (Å²) in [5.41, 5.74) is 5.41. The van der Waals surface area contributed by atoms with Crippen LogP contribution in [0.4, 0.5) is 0 Å². The van der Waals surface area contributed by atoms with Crippen LogP contribution in [-0.4, -0.2) is 49.3 Å². The van der Waals surface area contributed by atoms with Crippen molar-refractivity contribution in [3.05, 3.63) is 0 Å². The molecule has 0 saturated heterocycles. The lowest BCUT2D eigenvalue weighted by Crippen LogP contribution is -2.29. The molecule has 9 nitrogen and oxygen atoms in total. The third kappa shape index (κ3) is 73.9. The molecule has 0 aliphatic heterocycles. The summed E-state index contributed by atoms with van der Waals surface area (Å²) in [4.78, 5) is 35.4. The van der Waals surface area contributed by atoms with E-state index in [0.717, 1.165) is 32.1 Å². The van der Waals surface area contributed by atoms with Gasteiger partial charge in [-0.05, 0) is 12.8 Å². The van der Waals surface area contributed by atoms with Crippen molar-refractivity contribution in [2.75, 3.05) is 26.4 Å². The summed E-state index contributed by atoms with van der Waals surface area (Å²) < 4.78 is 33.3. The summed E-state index contributed by atoms with van der Waals surface area (Å²) >= 11 is 0. The first-order valence-electron chi connectivity index (χ1n) is 39.5. The van der Waals surface area contributed by atoms with Gasteiger partial charge in [0.25, 0.3) is 0 Å². The van der Waals surface area contributed by atoms with E-state index in [4.69, 9.17) is 24.3 Å². The largest absolute Gasteiger partial charge is 0.472 e. The minimum atomic E-state index is -4.39. The van der Waals surface area contributed by atoms with Gasteiger partial charge in [-0.15, -0.1) is 0 Å². The molecule has 0 amide bonds. The molecule has 0 bridgehead atoms. The maximum absolute atomic E-state index is 12.8. The molecule has 3 N–H and O–H groups in total. The summed E-state index contributed by atoms with van der Waals surface area (Å²) in [5, 5.41) is 0. The Bertz CT molecular complexity index is 1380. The molecular formula is C77H154NO8P. The number of phosphoric acid groups is 1. The van der Waals surface area contributed by atoms with E-state index in [1.165, 1.54) is 385 Å². The first-order valence-corrected chi connectivity index (χ1v) is 41.0. The van der Waals surface area contributed by atoms with Crippen LogP contribution in [0.2, 0.25) is 0 Å². The van der Waals surface area contributed by atoms with Crippen LogP contribution in [-0.2, 0) is 32.7 Å². The Morgan fingerprint density at radius 1 is 0.299 bits per heavy atom. The van der Waals surface area contributed by atoms with Crippen LogP contribution in [0.3, 0.4) is 0 Å². The summed E-state index contributed by atoms with van der Waals surface area (Å²) in [6.07, 6.45) is 89.7. The van der Waals surface area contributed by atoms with Crippen molar-refractivity contribution in [2.24, 2.45) is 5.73 Å². The van der Waals surface area contributed by atoms with Crippen molar-refractivity contribution < 1.29 is 37.6 Å². The van der Waals surface area contributed by atoms with Gasteiger partial charge >= 0.3 is 19.8 Å². The number of hydrogen-bond acceptors (Lipinski definition) is 8. The lowest BCUT2D eigenvalue weighted by atomic mass is 10.0. The molecule has 0 fully saturated rings. The zero-order valence-electron chi connectivity index (χ0n) is 58.8.